The van der Waals surface area contributed by atoms with Gasteiger partial charge in [-0.25, -0.2) is 4.98 Å². The summed E-state index contributed by atoms with van der Waals surface area (Å²) in [5.74, 6) is 0.184. The molecule has 0 N–H and O–H groups in total. The summed E-state index contributed by atoms with van der Waals surface area (Å²) in [7, 11) is 0. The molecule has 0 radical (unpaired) electrons. The molecule has 0 saturated heterocycles. The van der Waals surface area contributed by atoms with Crippen LogP contribution in [0.2, 0.25) is 0 Å². The van der Waals surface area contributed by atoms with Crippen molar-refractivity contribution in [3.05, 3.63) is 23.4 Å². The Hall–Kier alpha value is -1.77. The van der Waals surface area contributed by atoms with Crippen molar-refractivity contribution < 1.29 is 17.9 Å². The van der Waals surface area contributed by atoms with Crippen molar-refractivity contribution in [3.8, 4) is 11.9 Å². The van der Waals surface area contributed by atoms with E-state index in [4.69, 9.17) is 10.00 Å². The Morgan fingerprint density at radius 1 is 1.41 bits per heavy atom. The number of aromatic nitrogens is 1. The number of ether oxygens (including phenoxy) is 1. The maximum Gasteiger partial charge on any atom is 0.389 e. The van der Waals surface area contributed by atoms with Gasteiger partial charge in [-0.3, -0.25) is 0 Å². The number of hydrogen-bond acceptors (Lipinski definition) is 3. The maximum absolute atomic E-state index is 11.9. The van der Waals surface area contributed by atoms with E-state index < -0.39 is 12.6 Å². The molecule has 0 bridgehead atoms. The standard InChI is InChI=1S/C11H11F3N2O/c1-8-5-9(7-15)6-10(16-8)17-4-2-3-11(12,13)14/h5-6H,2-4H2,1H3. The van der Waals surface area contributed by atoms with Crippen molar-refractivity contribution in [1.29, 1.82) is 5.26 Å². The third-order valence-corrected chi connectivity index (χ3v) is 1.91. The average Bonchev–Trinajstić information content (AvgIpc) is 2.22. The van der Waals surface area contributed by atoms with Gasteiger partial charge < -0.3 is 4.74 Å². The highest BCUT2D eigenvalue weighted by Gasteiger charge is 2.26. The first-order valence-electron chi connectivity index (χ1n) is 4.99. The van der Waals surface area contributed by atoms with Crippen LogP contribution in [-0.2, 0) is 0 Å². The lowest BCUT2D eigenvalue weighted by Gasteiger charge is -2.08. The van der Waals surface area contributed by atoms with Crippen molar-refractivity contribution in [1.82, 2.24) is 4.98 Å². The van der Waals surface area contributed by atoms with E-state index in [-0.39, 0.29) is 18.9 Å². The van der Waals surface area contributed by atoms with Crippen molar-refractivity contribution in [2.75, 3.05) is 6.61 Å². The van der Waals surface area contributed by atoms with Crippen LogP contribution in [0.25, 0.3) is 0 Å². The number of aryl methyl sites for hydroxylation is 1. The van der Waals surface area contributed by atoms with E-state index in [1.165, 1.54) is 6.07 Å². The van der Waals surface area contributed by atoms with Crippen molar-refractivity contribution in [2.24, 2.45) is 0 Å². The molecular formula is C11H11F3N2O. The van der Waals surface area contributed by atoms with Crippen LogP contribution in [-0.4, -0.2) is 17.8 Å². The SMILES string of the molecule is Cc1cc(C#N)cc(OCCCC(F)(F)F)n1. The van der Waals surface area contributed by atoms with Crippen LogP contribution in [0.1, 0.15) is 24.1 Å². The molecule has 0 aliphatic rings. The van der Waals surface area contributed by atoms with Crippen LogP contribution in [0.4, 0.5) is 13.2 Å². The minimum absolute atomic E-state index is 0.0686. The predicted molar refractivity (Wildman–Crippen MR) is 54.5 cm³/mol. The van der Waals surface area contributed by atoms with E-state index in [9.17, 15) is 13.2 Å². The third kappa shape index (κ3) is 5.20. The largest absolute Gasteiger partial charge is 0.478 e. The molecule has 0 aromatic carbocycles. The topological polar surface area (TPSA) is 45.9 Å². The van der Waals surface area contributed by atoms with Crippen molar-refractivity contribution in [3.63, 3.8) is 0 Å². The molecule has 0 aliphatic heterocycles. The molecule has 1 aromatic heterocycles. The quantitative estimate of drug-likeness (QED) is 0.765. The second kappa shape index (κ2) is 5.53. The van der Waals surface area contributed by atoms with Crippen LogP contribution in [0, 0.1) is 18.3 Å². The van der Waals surface area contributed by atoms with E-state index in [0.29, 0.717) is 11.3 Å². The van der Waals surface area contributed by atoms with Gasteiger partial charge in [-0.1, -0.05) is 0 Å². The lowest BCUT2D eigenvalue weighted by Crippen LogP contribution is -2.10. The monoisotopic (exact) mass is 244 g/mol. The van der Waals surface area contributed by atoms with Crippen molar-refractivity contribution in [2.45, 2.75) is 25.9 Å². The van der Waals surface area contributed by atoms with Gasteiger partial charge in [0.15, 0.2) is 0 Å². The summed E-state index contributed by atoms with van der Waals surface area (Å²) >= 11 is 0. The normalized spacial score (nSPS) is 11.0. The third-order valence-electron chi connectivity index (χ3n) is 1.91. The van der Waals surface area contributed by atoms with Gasteiger partial charge in [0.1, 0.15) is 0 Å². The highest BCUT2D eigenvalue weighted by atomic mass is 19.4. The lowest BCUT2D eigenvalue weighted by atomic mass is 10.2. The highest BCUT2D eigenvalue weighted by molar-refractivity contribution is 5.33. The Morgan fingerprint density at radius 3 is 2.71 bits per heavy atom. The smallest absolute Gasteiger partial charge is 0.389 e. The van der Waals surface area contributed by atoms with Crippen LogP contribution in [0.15, 0.2) is 12.1 Å². The molecule has 0 atom stereocenters. The van der Waals surface area contributed by atoms with Gasteiger partial charge in [0.05, 0.1) is 18.2 Å². The summed E-state index contributed by atoms with van der Waals surface area (Å²) in [4.78, 5) is 3.96. The fourth-order valence-electron chi connectivity index (χ4n) is 1.23. The second-order valence-corrected chi connectivity index (χ2v) is 3.51. The predicted octanol–water partition coefficient (Wildman–Crippen LogP) is 2.98. The molecule has 0 saturated carbocycles. The number of nitriles is 1. The zero-order chi connectivity index (χ0) is 12.9. The molecule has 0 aliphatic carbocycles. The first kappa shape index (κ1) is 13.3. The zero-order valence-corrected chi connectivity index (χ0v) is 9.21. The highest BCUT2D eigenvalue weighted by Crippen LogP contribution is 2.21. The van der Waals surface area contributed by atoms with Gasteiger partial charge in [0, 0.05) is 18.2 Å². The van der Waals surface area contributed by atoms with Crippen LogP contribution in [0.3, 0.4) is 0 Å². The fraction of sp³-hybridized carbons (Fsp3) is 0.455. The van der Waals surface area contributed by atoms with E-state index in [0.717, 1.165) is 0 Å². The van der Waals surface area contributed by atoms with Gasteiger partial charge in [-0.15, -0.1) is 0 Å². The molecular weight excluding hydrogens is 233 g/mol. The van der Waals surface area contributed by atoms with E-state index >= 15 is 0 Å². The average molecular weight is 244 g/mol. The van der Waals surface area contributed by atoms with Gasteiger partial charge in [0.25, 0.3) is 0 Å². The number of nitrogens with zero attached hydrogens (tertiary/aromatic N) is 2. The van der Waals surface area contributed by atoms with Crippen LogP contribution < -0.4 is 4.74 Å². The summed E-state index contributed by atoms with van der Waals surface area (Å²) in [6.07, 6.45) is -5.17. The number of halogens is 3. The maximum atomic E-state index is 11.9. The van der Waals surface area contributed by atoms with Crippen LogP contribution in [0.5, 0.6) is 5.88 Å². The lowest BCUT2D eigenvalue weighted by molar-refractivity contribution is -0.136. The first-order valence-corrected chi connectivity index (χ1v) is 4.99. The van der Waals surface area contributed by atoms with Gasteiger partial charge in [-0.2, -0.15) is 18.4 Å². The van der Waals surface area contributed by atoms with Crippen LogP contribution >= 0.6 is 0 Å². The Labute approximate surface area is 96.8 Å². The summed E-state index contributed by atoms with van der Waals surface area (Å²) in [5.41, 5.74) is 0.971. The molecule has 0 unspecified atom stereocenters. The molecule has 1 heterocycles. The number of alkyl halides is 3. The van der Waals surface area contributed by atoms with Gasteiger partial charge >= 0.3 is 6.18 Å². The van der Waals surface area contributed by atoms with Gasteiger partial charge in [-0.05, 0) is 19.4 Å². The Balaban J connectivity index is 2.47. The molecule has 0 spiro atoms. The number of hydrogen-bond donors (Lipinski definition) is 0. The minimum Gasteiger partial charge on any atom is -0.478 e. The van der Waals surface area contributed by atoms with E-state index in [1.54, 1.807) is 13.0 Å². The Bertz CT molecular complexity index is 424. The summed E-state index contributed by atoms with van der Waals surface area (Å²) in [6, 6.07) is 4.90. The molecule has 6 heteroatoms. The molecule has 1 aromatic rings. The molecule has 3 nitrogen and oxygen atoms in total. The molecule has 1 rings (SSSR count). The molecule has 0 fully saturated rings. The van der Waals surface area contributed by atoms with E-state index in [2.05, 4.69) is 4.98 Å². The minimum atomic E-state index is -4.17. The number of pyridine rings is 1. The number of rotatable bonds is 4. The molecule has 17 heavy (non-hydrogen) atoms. The Kier molecular flexibility index (Phi) is 4.32. The zero-order valence-electron chi connectivity index (χ0n) is 9.21. The first-order chi connectivity index (χ1) is 7.90. The molecule has 92 valence electrons. The Morgan fingerprint density at radius 2 is 2.12 bits per heavy atom. The fourth-order valence-corrected chi connectivity index (χ4v) is 1.23. The summed E-state index contributed by atoms with van der Waals surface area (Å²) in [6.45, 7) is 1.62. The summed E-state index contributed by atoms with van der Waals surface area (Å²) < 4.78 is 40.6. The summed E-state index contributed by atoms with van der Waals surface area (Å²) in [5, 5.41) is 8.68. The van der Waals surface area contributed by atoms with E-state index in [1.807, 2.05) is 6.07 Å². The van der Waals surface area contributed by atoms with Crippen molar-refractivity contribution >= 4 is 0 Å². The second-order valence-electron chi connectivity index (χ2n) is 3.51. The molecule has 0 amide bonds. The van der Waals surface area contributed by atoms with Gasteiger partial charge in [0.2, 0.25) is 5.88 Å².